The molecule has 5 nitrogen and oxygen atoms in total. The van der Waals surface area contributed by atoms with Gasteiger partial charge in [-0.25, -0.2) is 4.79 Å². The van der Waals surface area contributed by atoms with Gasteiger partial charge in [0.15, 0.2) is 0 Å². The Balaban J connectivity index is 3.38. The summed E-state index contributed by atoms with van der Waals surface area (Å²) in [4.78, 5) is 11.3. The Morgan fingerprint density at radius 1 is 1.50 bits per heavy atom. The Morgan fingerprint density at radius 2 is 2.19 bits per heavy atom. The Labute approximate surface area is 93.4 Å². The predicted octanol–water partition coefficient (Wildman–Crippen LogP) is 0.812. The highest BCUT2D eigenvalue weighted by Crippen LogP contribution is 2.24. The fourth-order valence-corrected chi connectivity index (χ4v) is 1.37. The maximum Gasteiger partial charge on any atom is 0.338 e. The molecule has 1 aromatic rings. The van der Waals surface area contributed by atoms with E-state index in [9.17, 15) is 4.79 Å². The number of rotatable bonds is 3. The van der Waals surface area contributed by atoms with Crippen LogP contribution in [0.5, 0.6) is 5.75 Å². The second kappa shape index (κ2) is 5.14. The molecule has 0 heterocycles. The summed E-state index contributed by atoms with van der Waals surface area (Å²) < 4.78 is 9.65. The quantitative estimate of drug-likeness (QED) is 0.762. The van der Waals surface area contributed by atoms with Gasteiger partial charge < -0.3 is 15.2 Å². The standard InChI is InChI=1S/C11H12N2O3/c1-15-10-4-7(11(14)16-2)3-8(5-12)9(10)6-13/h3-4H,6,13H2,1-2H3. The summed E-state index contributed by atoms with van der Waals surface area (Å²) in [7, 11) is 2.73. The van der Waals surface area contributed by atoms with E-state index in [4.69, 9.17) is 15.7 Å². The molecule has 84 valence electrons. The van der Waals surface area contributed by atoms with Crippen molar-refractivity contribution in [3.05, 3.63) is 28.8 Å². The number of esters is 1. The first-order valence-corrected chi connectivity index (χ1v) is 4.57. The minimum atomic E-state index is -0.515. The lowest BCUT2D eigenvalue weighted by Crippen LogP contribution is -2.07. The lowest BCUT2D eigenvalue weighted by Gasteiger charge is -2.10. The van der Waals surface area contributed by atoms with E-state index in [0.29, 0.717) is 16.9 Å². The maximum atomic E-state index is 11.3. The molecule has 1 rings (SSSR count). The number of hydrogen-bond donors (Lipinski definition) is 1. The van der Waals surface area contributed by atoms with Crippen molar-refractivity contribution in [2.75, 3.05) is 14.2 Å². The lowest BCUT2D eigenvalue weighted by molar-refractivity contribution is 0.0600. The van der Waals surface area contributed by atoms with E-state index in [1.165, 1.54) is 26.4 Å². The fraction of sp³-hybridized carbons (Fsp3) is 0.273. The van der Waals surface area contributed by atoms with Crippen LogP contribution in [0.25, 0.3) is 0 Å². The molecule has 2 N–H and O–H groups in total. The molecule has 0 aliphatic heterocycles. The van der Waals surface area contributed by atoms with Gasteiger partial charge in [0.05, 0.1) is 31.4 Å². The normalized spacial score (nSPS) is 9.38. The van der Waals surface area contributed by atoms with Crippen LogP contribution in [0.2, 0.25) is 0 Å². The Kier molecular flexibility index (Phi) is 3.86. The Morgan fingerprint density at radius 3 is 2.62 bits per heavy atom. The highest BCUT2D eigenvalue weighted by molar-refractivity contribution is 5.90. The number of ether oxygens (including phenoxy) is 2. The molecule has 16 heavy (non-hydrogen) atoms. The number of carbonyl (C=O) groups excluding carboxylic acids is 1. The zero-order chi connectivity index (χ0) is 12.1. The number of benzene rings is 1. The van der Waals surface area contributed by atoms with Crippen LogP contribution in [0, 0.1) is 11.3 Å². The number of carbonyl (C=O) groups is 1. The Hall–Kier alpha value is -2.06. The van der Waals surface area contributed by atoms with E-state index >= 15 is 0 Å². The van der Waals surface area contributed by atoms with Gasteiger partial charge in [0.25, 0.3) is 0 Å². The first-order valence-electron chi connectivity index (χ1n) is 4.57. The molecule has 0 unspecified atom stereocenters. The molecule has 0 radical (unpaired) electrons. The fourth-order valence-electron chi connectivity index (χ4n) is 1.37. The van der Waals surface area contributed by atoms with E-state index in [-0.39, 0.29) is 12.1 Å². The van der Waals surface area contributed by atoms with Crippen LogP contribution in [-0.2, 0) is 11.3 Å². The van der Waals surface area contributed by atoms with E-state index in [2.05, 4.69) is 4.74 Å². The van der Waals surface area contributed by atoms with Crippen molar-refractivity contribution in [1.29, 1.82) is 5.26 Å². The van der Waals surface area contributed by atoms with E-state index in [0.717, 1.165) is 0 Å². The van der Waals surface area contributed by atoms with Gasteiger partial charge in [-0.3, -0.25) is 0 Å². The van der Waals surface area contributed by atoms with Gasteiger partial charge in [0, 0.05) is 12.1 Å². The second-order valence-electron chi connectivity index (χ2n) is 3.01. The molecule has 1 aromatic carbocycles. The third-order valence-corrected chi connectivity index (χ3v) is 2.17. The van der Waals surface area contributed by atoms with Crippen molar-refractivity contribution in [2.24, 2.45) is 5.73 Å². The number of nitriles is 1. The second-order valence-corrected chi connectivity index (χ2v) is 3.01. The average Bonchev–Trinajstić information content (AvgIpc) is 2.35. The zero-order valence-corrected chi connectivity index (χ0v) is 9.11. The van der Waals surface area contributed by atoms with Crippen LogP contribution in [-0.4, -0.2) is 20.2 Å². The third kappa shape index (κ3) is 2.12. The third-order valence-electron chi connectivity index (χ3n) is 2.17. The lowest BCUT2D eigenvalue weighted by atomic mass is 10.0. The summed E-state index contributed by atoms with van der Waals surface area (Å²) in [6, 6.07) is 4.92. The molecule has 0 aliphatic carbocycles. The van der Waals surface area contributed by atoms with Crippen molar-refractivity contribution in [3.8, 4) is 11.8 Å². The van der Waals surface area contributed by atoms with Gasteiger partial charge in [-0.05, 0) is 12.1 Å². The van der Waals surface area contributed by atoms with Crippen LogP contribution in [0.1, 0.15) is 21.5 Å². The minimum Gasteiger partial charge on any atom is -0.496 e. The molecule has 0 aromatic heterocycles. The molecule has 0 aliphatic rings. The van der Waals surface area contributed by atoms with Crippen molar-refractivity contribution >= 4 is 5.97 Å². The van der Waals surface area contributed by atoms with Gasteiger partial charge in [-0.1, -0.05) is 0 Å². The summed E-state index contributed by atoms with van der Waals surface area (Å²) in [6.07, 6.45) is 0. The zero-order valence-electron chi connectivity index (χ0n) is 9.11. The molecule has 0 atom stereocenters. The molecule has 5 heteroatoms. The van der Waals surface area contributed by atoms with Crippen molar-refractivity contribution in [1.82, 2.24) is 0 Å². The largest absolute Gasteiger partial charge is 0.496 e. The summed E-state index contributed by atoms with van der Waals surface area (Å²) in [5.74, 6) is -0.0969. The van der Waals surface area contributed by atoms with Crippen molar-refractivity contribution in [2.45, 2.75) is 6.54 Å². The number of hydrogen-bond acceptors (Lipinski definition) is 5. The van der Waals surface area contributed by atoms with Gasteiger partial charge in [-0.2, -0.15) is 5.26 Å². The number of nitrogens with zero attached hydrogens (tertiary/aromatic N) is 1. The van der Waals surface area contributed by atoms with Crippen LogP contribution >= 0.6 is 0 Å². The minimum absolute atomic E-state index is 0.174. The molecule has 0 amide bonds. The van der Waals surface area contributed by atoms with Crippen LogP contribution in [0.3, 0.4) is 0 Å². The highest BCUT2D eigenvalue weighted by Gasteiger charge is 2.14. The van der Waals surface area contributed by atoms with Crippen molar-refractivity contribution in [3.63, 3.8) is 0 Å². The molecular weight excluding hydrogens is 208 g/mol. The first-order chi connectivity index (χ1) is 7.67. The molecular formula is C11H12N2O3. The van der Waals surface area contributed by atoms with Gasteiger partial charge in [0.1, 0.15) is 5.75 Å². The molecule has 0 bridgehead atoms. The van der Waals surface area contributed by atoms with Crippen LogP contribution in [0.15, 0.2) is 12.1 Å². The van der Waals surface area contributed by atoms with E-state index < -0.39 is 5.97 Å². The van der Waals surface area contributed by atoms with E-state index in [1.54, 1.807) is 0 Å². The van der Waals surface area contributed by atoms with Crippen LogP contribution < -0.4 is 10.5 Å². The number of nitrogens with two attached hydrogens (primary N) is 1. The Bertz CT molecular complexity index is 449. The van der Waals surface area contributed by atoms with Crippen LogP contribution in [0.4, 0.5) is 0 Å². The summed E-state index contributed by atoms with van der Waals surface area (Å²) in [5.41, 5.74) is 6.69. The van der Waals surface area contributed by atoms with Gasteiger partial charge >= 0.3 is 5.97 Å². The SMILES string of the molecule is COC(=O)c1cc(C#N)c(CN)c(OC)c1. The first kappa shape index (κ1) is 12.0. The maximum absolute atomic E-state index is 11.3. The summed E-state index contributed by atoms with van der Waals surface area (Å²) in [5, 5.41) is 8.94. The smallest absolute Gasteiger partial charge is 0.338 e. The van der Waals surface area contributed by atoms with Crippen molar-refractivity contribution < 1.29 is 14.3 Å². The molecule has 0 saturated carbocycles. The van der Waals surface area contributed by atoms with Gasteiger partial charge in [-0.15, -0.1) is 0 Å². The summed E-state index contributed by atoms with van der Waals surface area (Å²) in [6.45, 7) is 0.174. The number of methoxy groups -OCH3 is 2. The average molecular weight is 220 g/mol. The molecule has 0 fully saturated rings. The van der Waals surface area contributed by atoms with Gasteiger partial charge in [0.2, 0.25) is 0 Å². The molecule has 0 saturated heterocycles. The topological polar surface area (TPSA) is 85.3 Å². The summed E-state index contributed by atoms with van der Waals surface area (Å²) >= 11 is 0. The highest BCUT2D eigenvalue weighted by atomic mass is 16.5. The predicted molar refractivity (Wildman–Crippen MR) is 56.9 cm³/mol. The van der Waals surface area contributed by atoms with E-state index in [1.807, 2.05) is 6.07 Å². The molecule has 0 spiro atoms. The monoisotopic (exact) mass is 220 g/mol.